The molecule has 1 unspecified atom stereocenters. The molecule has 0 aromatic heterocycles. The number of carbonyl (C=O) groups excluding carboxylic acids is 2. The second-order valence-electron chi connectivity index (χ2n) is 8.36. The number of benzene rings is 3. The predicted molar refractivity (Wildman–Crippen MR) is 129 cm³/mol. The second kappa shape index (κ2) is 10.2. The van der Waals surface area contributed by atoms with Crippen molar-refractivity contribution in [2.45, 2.75) is 32.0 Å². The number of hydrogen-bond donors (Lipinski definition) is 1. The molecule has 0 fully saturated rings. The Balaban J connectivity index is 1.52. The largest absolute Gasteiger partial charge is 0.461 e. The van der Waals surface area contributed by atoms with Gasteiger partial charge in [-0.15, -0.1) is 0 Å². The first-order chi connectivity index (χ1) is 16.0. The summed E-state index contributed by atoms with van der Waals surface area (Å²) in [5, 5.41) is 0. The van der Waals surface area contributed by atoms with Gasteiger partial charge in [0.2, 0.25) is 5.91 Å². The van der Waals surface area contributed by atoms with Crippen LogP contribution < -0.4 is 10.6 Å². The molecule has 1 aliphatic rings. The smallest absolute Gasteiger partial charge is 0.308 e. The fraction of sp³-hybridized carbons (Fsp3) is 0.259. The van der Waals surface area contributed by atoms with E-state index < -0.39 is 12.0 Å². The van der Waals surface area contributed by atoms with Crippen molar-refractivity contribution in [1.29, 1.82) is 0 Å². The van der Waals surface area contributed by atoms with Crippen LogP contribution in [0.1, 0.15) is 23.1 Å². The number of esters is 1. The average Bonchev–Trinajstić information content (AvgIpc) is 2.92. The van der Waals surface area contributed by atoms with E-state index in [4.69, 9.17) is 10.5 Å². The monoisotopic (exact) mass is 443 g/mol. The Morgan fingerprint density at radius 2 is 1.67 bits per heavy atom. The Morgan fingerprint density at radius 1 is 1.00 bits per heavy atom. The van der Waals surface area contributed by atoms with E-state index in [1.54, 1.807) is 0 Å². The molecule has 1 atom stereocenters. The molecule has 1 aliphatic heterocycles. The van der Waals surface area contributed by atoms with Crippen LogP contribution in [0.25, 0.3) is 0 Å². The molecule has 0 saturated carbocycles. The lowest BCUT2D eigenvalue weighted by atomic mass is 10.1. The molecule has 3 aromatic carbocycles. The van der Waals surface area contributed by atoms with Crippen molar-refractivity contribution >= 4 is 23.3 Å². The molecule has 6 heteroatoms. The minimum Gasteiger partial charge on any atom is -0.461 e. The minimum absolute atomic E-state index is 0.0200. The molecule has 1 amide bonds. The van der Waals surface area contributed by atoms with E-state index in [0.29, 0.717) is 18.8 Å². The summed E-state index contributed by atoms with van der Waals surface area (Å²) in [6, 6.07) is 24.6. The summed E-state index contributed by atoms with van der Waals surface area (Å²) in [6.07, 6.45) is 0.715. The van der Waals surface area contributed by atoms with Crippen molar-refractivity contribution < 1.29 is 14.3 Å². The van der Waals surface area contributed by atoms with Crippen LogP contribution in [0.5, 0.6) is 0 Å². The van der Waals surface area contributed by atoms with E-state index in [2.05, 4.69) is 12.1 Å². The molecule has 0 bridgehead atoms. The van der Waals surface area contributed by atoms with Gasteiger partial charge in [-0.3, -0.25) is 9.59 Å². The van der Waals surface area contributed by atoms with E-state index in [-0.39, 0.29) is 18.9 Å². The third-order valence-corrected chi connectivity index (χ3v) is 6.02. The number of nitrogen functional groups attached to an aromatic ring is 1. The molecule has 0 saturated heterocycles. The summed E-state index contributed by atoms with van der Waals surface area (Å²) in [4.78, 5) is 30.0. The third-order valence-electron chi connectivity index (χ3n) is 6.02. The lowest BCUT2D eigenvalue weighted by Gasteiger charge is -2.29. The average molecular weight is 444 g/mol. The number of anilines is 2. The van der Waals surface area contributed by atoms with Gasteiger partial charge in [-0.05, 0) is 41.3 Å². The number of fused-ring (bicyclic) bond motifs is 1. The zero-order valence-corrected chi connectivity index (χ0v) is 18.8. The van der Waals surface area contributed by atoms with E-state index in [9.17, 15) is 9.59 Å². The molecule has 0 radical (unpaired) electrons. The third kappa shape index (κ3) is 5.52. The van der Waals surface area contributed by atoms with Crippen LogP contribution in [-0.2, 0) is 33.9 Å². The number of nitrogens with two attached hydrogens (primary N) is 1. The minimum atomic E-state index is -0.645. The molecule has 6 nitrogen and oxygen atoms in total. The van der Waals surface area contributed by atoms with Crippen LogP contribution in [0, 0.1) is 0 Å². The quantitative estimate of drug-likeness (QED) is 0.444. The standard InChI is InChI=1S/C27H29N3O3/c1-29-24-13-12-23(28)16-22(24)18-30(15-14-20-8-4-2-5-9-20)27(32)25(29)17-26(31)33-19-21-10-6-3-7-11-21/h2-13,16,25H,14-15,17-19,28H2,1H3. The molecular formula is C27H29N3O3. The number of amides is 1. The lowest BCUT2D eigenvalue weighted by molar-refractivity contribution is -0.148. The van der Waals surface area contributed by atoms with Gasteiger partial charge in [-0.25, -0.2) is 0 Å². The summed E-state index contributed by atoms with van der Waals surface area (Å²) in [5.41, 5.74) is 10.6. The van der Waals surface area contributed by atoms with Crippen molar-refractivity contribution in [3.8, 4) is 0 Å². The molecule has 0 spiro atoms. The number of rotatable bonds is 7. The molecule has 170 valence electrons. The van der Waals surface area contributed by atoms with Crippen molar-refractivity contribution in [3.05, 3.63) is 95.6 Å². The van der Waals surface area contributed by atoms with Crippen LogP contribution in [0.3, 0.4) is 0 Å². The van der Waals surface area contributed by atoms with Crippen LogP contribution >= 0.6 is 0 Å². The van der Waals surface area contributed by atoms with Gasteiger partial charge in [0, 0.05) is 31.5 Å². The summed E-state index contributed by atoms with van der Waals surface area (Å²) < 4.78 is 5.48. The van der Waals surface area contributed by atoms with Gasteiger partial charge < -0.3 is 20.3 Å². The van der Waals surface area contributed by atoms with Gasteiger partial charge in [0.25, 0.3) is 0 Å². The molecule has 3 aromatic rings. The second-order valence-corrected chi connectivity index (χ2v) is 8.36. The highest BCUT2D eigenvalue weighted by Crippen LogP contribution is 2.30. The highest BCUT2D eigenvalue weighted by atomic mass is 16.5. The fourth-order valence-electron chi connectivity index (χ4n) is 4.18. The predicted octanol–water partition coefficient (Wildman–Crippen LogP) is 3.79. The first kappa shape index (κ1) is 22.4. The van der Waals surface area contributed by atoms with E-state index >= 15 is 0 Å². The molecule has 33 heavy (non-hydrogen) atoms. The SMILES string of the molecule is CN1c2ccc(N)cc2CN(CCc2ccccc2)C(=O)C1CC(=O)OCc1ccccc1. The van der Waals surface area contributed by atoms with Crippen molar-refractivity contribution in [2.75, 3.05) is 24.2 Å². The fourth-order valence-corrected chi connectivity index (χ4v) is 4.18. The zero-order valence-electron chi connectivity index (χ0n) is 18.8. The number of carbonyl (C=O) groups is 2. The van der Waals surface area contributed by atoms with Crippen molar-refractivity contribution in [3.63, 3.8) is 0 Å². The summed E-state index contributed by atoms with van der Waals surface area (Å²) in [7, 11) is 1.85. The van der Waals surface area contributed by atoms with Gasteiger partial charge in [0.15, 0.2) is 0 Å². The normalized spacial score (nSPS) is 15.7. The number of ether oxygens (including phenoxy) is 1. The Hall–Kier alpha value is -3.80. The molecule has 2 N–H and O–H groups in total. The highest BCUT2D eigenvalue weighted by molar-refractivity contribution is 5.91. The van der Waals surface area contributed by atoms with Crippen molar-refractivity contribution in [1.82, 2.24) is 4.90 Å². The van der Waals surface area contributed by atoms with Gasteiger partial charge in [0.05, 0.1) is 6.42 Å². The Labute approximate surface area is 194 Å². The first-order valence-corrected chi connectivity index (χ1v) is 11.1. The van der Waals surface area contributed by atoms with Crippen LogP contribution in [0.4, 0.5) is 11.4 Å². The number of hydrogen-bond acceptors (Lipinski definition) is 5. The Morgan fingerprint density at radius 3 is 2.36 bits per heavy atom. The lowest BCUT2D eigenvalue weighted by Crippen LogP contribution is -2.46. The van der Waals surface area contributed by atoms with Crippen LogP contribution in [0.2, 0.25) is 0 Å². The first-order valence-electron chi connectivity index (χ1n) is 11.1. The molecule has 1 heterocycles. The summed E-state index contributed by atoms with van der Waals surface area (Å²) >= 11 is 0. The van der Waals surface area contributed by atoms with Crippen LogP contribution in [0.15, 0.2) is 78.9 Å². The topological polar surface area (TPSA) is 75.9 Å². The van der Waals surface area contributed by atoms with E-state index in [1.807, 2.05) is 83.6 Å². The van der Waals surface area contributed by atoms with Gasteiger partial charge in [-0.1, -0.05) is 60.7 Å². The number of likely N-dealkylation sites (N-methyl/N-ethyl adjacent to an activating group) is 1. The van der Waals surface area contributed by atoms with E-state index in [0.717, 1.165) is 28.8 Å². The van der Waals surface area contributed by atoms with Crippen molar-refractivity contribution in [2.24, 2.45) is 0 Å². The maximum Gasteiger partial charge on any atom is 0.308 e. The summed E-state index contributed by atoms with van der Waals surface area (Å²) in [5.74, 6) is -0.481. The van der Waals surface area contributed by atoms with Gasteiger partial charge >= 0.3 is 5.97 Å². The van der Waals surface area contributed by atoms with Gasteiger partial charge in [0.1, 0.15) is 12.6 Å². The molecular weight excluding hydrogens is 414 g/mol. The Kier molecular flexibility index (Phi) is 6.93. The number of nitrogens with zero attached hydrogens (tertiary/aromatic N) is 2. The van der Waals surface area contributed by atoms with Gasteiger partial charge in [-0.2, -0.15) is 0 Å². The molecule has 4 rings (SSSR count). The molecule has 0 aliphatic carbocycles. The highest BCUT2D eigenvalue weighted by Gasteiger charge is 2.35. The zero-order chi connectivity index (χ0) is 23.2. The van der Waals surface area contributed by atoms with Crippen LogP contribution in [-0.4, -0.2) is 36.4 Å². The Bertz CT molecular complexity index is 1100. The van der Waals surface area contributed by atoms with E-state index in [1.165, 1.54) is 0 Å². The maximum atomic E-state index is 13.6. The maximum absolute atomic E-state index is 13.6. The summed E-state index contributed by atoms with van der Waals surface area (Å²) in [6.45, 7) is 1.20.